The van der Waals surface area contributed by atoms with Gasteiger partial charge < -0.3 is 10.6 Å². The summed E-state index contributed by atoms with van der Waals surface area (Å²) in [5.41, 5.74) is 9.43. The van der Waals surface area contributed by atoms with Gasteiger partial charge in [0.2, 0.25) is 5.91 Å². The van der Waals surface area contributed by atoms with E-state index in [1.54, 1.807) is 18.9 Å². The van der Waals surface area contributed by atoms with Gasteiger partial charge in [0, 0.05) is 13.6 Å². The molecule has 3 heteroatoms. The second-order valence-corrected chi connectivity index (χ2v) is 6.37. The van der Waals surface area contributed by atoms with E-state index in [0.29, 0.717) is 6.54 Å². The highest BCUT2D eigenvalue weighted by molar-refractivity contribution is 5.80. The zero-order chi connectivity index (χ0) is 14.8. The van der Waals surface area contributed by atoms with Gasteiger partial charge in [0.25, 0.3) is 0 Å². The highest BCUT2D eigenvalue weighted by atomic mass is 16.2. The molecule has 19 heavy (non-hydrogen) atoms. The van der Waals surface area contributed by atoms with Gasteiger partial charge in [-0.3, -0.25) is 4.79 Å². The number of benzene rings is 1. The fourth-order valence-electron chi connectivity index (χ4n) is 1.99. The number of carbonyl (C=O) groups is 1. The SMILES string of the molecule is Cc1ccc(C(C)(C)C)cc1CN(C)C(=O)C(C)N. The molecule has 1 amide bonds. The third-order valence-corrected chi connectivity index (χ3v) is 3.39. The first-order chi connectivity index (χ1) is 8.62. The Morgan fingerprint density at radius 2 is 1.95 bits per heavy atom. The largest absolute Gasteiger partial charge is 0.340 e. The highest BCUT2D eigenvalue weighted by Crippen LogP contribution is 2.25. The monoisotopic (exact) mass is 262 g/mol. The second-order valence-electron chi connectivity index (χ2n) is 6.37. The predicted molar refractivity (Wildman–Crippen MR) is 80.0 cm³/mol. The van der Waals surface area contributed by atoms with Crippen molar-refractivity contribution in [3.63, 3.8) is 0 Å². The number of amides is 1. The Morgan fingerprint density at radius 3 is 2.42 bits per heavy atom. The molecule has 0 saturated heterocycles. The lowest BCUT2D eigenvalue weighted by molar-refractivity contribution is -0.131. The third-order valence-electron chi connectivity index (χ3n) is 3.39. The molecule has 0 saturated carbocycles. The molecular weight excluding hydrogens is 236 g/mol. The Balaban J connectivity index is 2.98. The molecule has 1 unspecified atom stereocenters. The molecule has 0 spiro atoms. The Morgan fingerprint density at radius 1 is 1.37 bits per heavy atom. The van der Waals surface area contributed by atoms with Crippen LogP contribution in [0.4, 0.5) is 0 Å². The first kappa shape index (κ1) is 15.7. The van der Waals surface area contributed by atoms with Crippen molar-refractivity contribution in [2.75, 3.05) is 7.05 Å². The summed E-state index contributed by atoms with van der Waals surface area (Å²) in [6.07, 6.45) is 0. The molecule has 0 bridgehead atoms. The maximum absolute atomic E-state index is 11.8. The molecular formula is C16H26N2O. The van der Waals surface area contributed by atoms with Crippen molar-refractivity contribution in [1.82, 2.24) is 4.90 Å². The first-order valence-corrected chi connectivity index (χ1v) is 6.73. The number of likely N-dealkylation sites (N-methyl/N-ethyl adjacent to an activating group) is 1. The molecule has 0 aliphatic rings. The summed E-state index contributed by atoms with van der Waals surface area (Å²) in [6, 6.07) is 6.03. The predicted octanol–water partition coefficient (Wildman–Crippen LogP) is 2.60. The number of aryl methyl sites for hydroxylation is 1. The molecule has 106 valence electrons. The lowest BCUT2D eigenvalue weighted by atomic mass is 9.85. The van der Waals surface area contributed by atoms with Crippen molar-refractivity contribution in [1.29, 1.82) is 0 Å². The quantitative estimate of drug-likeness (QED) is 0.910. The van der Waals surface area contributed by atoms with Crippen molar-refractivity contribution in [3.8, 4) is 0 Å². The molecule has 0 radical (unpaired) electrons. The van der Waals surface area contributed by atoms with Crippen LogP contribution in [0, 0.1) is 6.92 Å². The number of carbonyl (C=O) groups excluding carboxylic acids is 1. The van der Waals surface area contributed by atoms with Gasteiger partial charge in [-0.05, 0) is 36.0 Å². The van der Waals surface area contributed by atoms with Gasteiger partial charge in [0.1, 0.15) is 0 Å². The number of nitrogens with zero attached hydrogens (tertiary/aromatic N) is 1. The third kappa shape index (κ3) is 4.06. The van der Waals surface area contributed by atoms with E-state index in [-0.39, 0.29) is 11.3 Å². The Kier molecular flexibility index (Phi) is 4.75. The van der Waals surface area contributed by atoms with E-state index >= 15 is 0 Å². The molecule has 2 N–H and O–H groups in total. The van der Waals surface area contributed by atoms with Gasteiger partial charge in [-0.2, -0.15) is 0 Å². The standard InChI is InChI=1S/C16H26N2O/c1-11-7-8-14(16(3,4)5)9-13(11)10-18(6)15(19)12(2)17/h7-9,12H,10,17H2,1-6H3. The van der Waals surface area contributed by atoms with Crippen LogP contribution in [0.25, 0.3) is 0 Å². The van der Waals surface area contributed by atoms with Crippen molar-refractivity contribution < 1.29 is 4.79 Å². The van der Waals surface area contributed by atoms with Crippen LogP contribution in [0.1, 0.15) is 44.4 Å². The molecule has 0 aliphatic heterocycles. The van der Waals surface area contributed by atoms with E-state index in [4.69, 9.17) is 5.73 Å². The summed E-state index contributed by atoms with van der Waals surface area (Å²) >= 11 is 0. The van der Waals surface area contributed by atoms with Gasteiger partial charge in [-0.25, -0.2) is 0 Å². The minimum Gasteiger partial charge on any atom is -0.340 e. The topological polar surface area (TPSA) is 46.3 Å². The Bertz CT molecular complexity index is 458. The van der Waals surface area contributed by atoms with Crippen LogP contribution in [0.5, 0.6) is 0 Å². The van der Waals surface area contributed by atoms with Crippen LogP contribution in [0.3, 0.4) is 0 Å². The van der Waals surface area contributed by atoms with E-state index in [2.05, 4.69) is 45.9 Å². The van der Waals surface area contributed by atoms with Gasteiger partial charge in [-0.15, -0.1) is 0 Å². The maximum atomic E-state index is 11.8. The second kappa shape index (κ2) is 5.74. The van der Waals surface area contributed by atoms with E-state index in [1.807, 2.05) is 0 Å². The van der Waals surface area contributed by atoms with E-state index in [9.17, 15) is 4.79 Å². The van der Waals surface area contributed by atoms with E-state index in [0.717, 1.165) is 0 Å². The van der Waals surface area contributed by atoms with Crippen LogP contribution in [0.2, 0.25) is 0 Å². The van der Waals surface area contributed by atoms with Crippen molar-refractivity contribution >= 4 is 5.91 Å². The molecule has 0 aromatic heterocycles. The molecule has 1 rings (SSSR count). The zero-order valence-corrected chi connectivity index (χ0v) is 12.9. The lowest BCUT2D eigenvalue weighted by Gasteiger charge is -2.24. The Hall–Kier alpha value is -1.35. The number of hydrogen-bond donors (Lipinski definition) is 1. The number of hydrogen-bond acceptors (Lipinski definition) is 2. The average Bonchev–Trinajstić information content (AvgIpc) is 2.29. The molecule has 0 fully saturated rings. The first-order valence-electron chi connectivity index (χ1n) is 6.73. The van der Waals surface area contributed by atoms with Crippen LogP contribution in [0.15, 0.2) is 18.2 Å². The molecule has 1 aromatic rings. The van der Waals surface area contributed by atoms with E-state index in [1.165, 1.54) is 16.7 Å². The van der Waals surface area contributed by atoms with Crippen molar-refractivity contribution in [2.45, 2.75) is 52.6 Å². The molecule has 1 atom stereocenters. The van der Waals surface area contributed by atoms with Crippen molar-refractivity contribution in [3.05, 3.63) is 34.9 Å². The Labute approximate surface area is 116 Å². The van der Waals surface area contributed by atoms with Crippen molar-refractivity contribution in [2.24, 2.45) is 5.73 Å². The van der Waals surface area contributed by atoms with Gasteiger partial charge in [0.05, 0.1) is 6.04 Å². The highest BCUT2D eigenvalue weighted by Gasteiger charge is 2.17. The summed E-state index contributed by atoms with van der Waals surface area (Å²) in [4.78, 5) is 13.5. The summed E-state index contributed by atoms with van der Waals surface area (Å²) in [5, 5.41) is 0. The summed E-state index contributed by atoms with van der Waals surface area (Å²) < 4.78 is 0. The summed E-state index contributed by atoms with van der Waals surface area (Å²) in [5.74, 6) is -0.0273. The molecule has 3 nitrogen and oxygen atoms in total. The zero-order valence-electron chi connectivity index (χ0n) is 12.9. The fraction of sp³-hybridized carbons (Fsp3) is 0.562. The van der Waals surface area contributed by atoms with Crippen LogP contribution < -0.4 is 5.73 Å². The van der Waals surface area contributed by atoms with Gasteiger partial charge >= 0.3 is 0 Å². The normalized spacial score (nSPS) is 13.2. The molecule has 0 aliphatic carbocycles. The minimum absolute atomic E-state index is 0.0273. The molecule has 1 aromatic carbocycles. The van der Waals surface area contributed by atoms with Crippen LogP contribution >= 0.6 is 0 Å². The summed E-state index contributed by atoms with van der Waals surface area (Å²) in [7, 11) is 1.80. The maximum Gasteiger partial charge on any atom is 0.239 e. The van der Waals surface area contributed by atoms with E-state index < -0.39 is 6.04 Å². The number of nitrogens with two attached hydrogens (primary N) is 1. The summed E-state index contributed by atoms with van der Waals surface area (Å²) in [6.45, 7) is 11.0. The average molecular weight is 262 g/mol. The smallest absolute Gasteiger partial charge is 0.239 e. The molecule has 0 heterocycles. The van der Waals surface area contributed by atoms with Gasteiger partial charge in [-0.1, -0.05) is 39.0 Å². The van der Waals surface area contributed by atoms with Crippen LogP contribution in [-0.4, -0.2) is 23.9 Å². The number of rotatable bonds is 3. The van der Waals surface area contributed by atoms with Crippen LogP contribution in [-0.2, 0) is 16.8 Å². The van der Waals surface area contributed by atoms with Gasteiger partial charge in [0.15, 0.2) is 0 Å². The fourth-order valence-corrected chi connectivity index (χ4v) is 1.99. The lowest BCUT2D eigenvalue weighted by Crippen LogP contribution is -2.39. The minimum atomic E-state index is -0.448.